The van der Waals surface area contributed by atoms with Gasteiger partial charge in [0.2, 0.25) is 0 Å². The van der Waals surface area contributed by atoms with E-state index in [0.29, 0.717) is 5.11 Å². The highest BCUT2D eigenvalue weighted by molar-refractivity contribution is 7.80. The topological polar surface area (TPSA) is 33.1 Å². The van der Waals surface area contributed by atoms with E-state index in [1.165, 1.54) is 28.9 Å². The number of halogens is 1. The Kier molecular flexibility index (Phi) is 5.70. The fraction of sp³-hybridized carbons (Fsp3) is 0.214. The lowest BCUT2D eigenvalue weighted by Gasteiger charge is -2.28. The first-order valence-corrected chi connectivity index (χ1v) is 11.8. The zero-order valence-electron chi connectivity index (χ0n) is 19.7. The van der Waals surface area contributed by atoms with Gasteiger partial charge in [0, 0.05) is 23.3 Å². The van der Waals surface area contributed by atoms with Crippen molar-refractivity contribution in [2.24, 2.45) is 0 Å². The van der Waals surface area contributed by atoms with Crippen LogP contribution in [0.4, 0.5) is 10.1 Å². The van der Waals surface area contributed by atoms with Gasteiger partial charge in [-0.05, 0) is 99.1 Å². The van der Waals surface area contributed by atoms with Gasteiger partial charge in [-0.2, -0.15) is 0 Å². The summed E-state index contributed by atoms with van der Waals surface area (Å²) in [7, 11) is 0. The van der Waals surface area contributed by atoms with E-state index in [4.69, 9.17) is 12.2 Å². The van der Waals surface area contributed by atoms with Crippen molar-refractivity contribution in [3.63, 3.8) is 0 Å². The Labute approximate surface area is 205 Å². The lowest BCUT2D eigenvalue weighted by Crippen LogP contribution is -2.29. The highest BCUT2D eigenvalue weighted by Gasteiger charge is 2.42. The first kappa shape index (κ1) is 22.3. The Balaban J connectivity index is 1.71. The summed E-state index contributed by atoms with van der Waals surface area (Å²) in [5.41, 5.74) is 8.89. The minimum atomic E-state index is -0.271. The summed E-state index contributed by atoms with van der Waals surface area (Å²) in [5, 5.41) is 4.09. The summed E-state index contributed by atoms with van der Waals surface area (Å²) in [6.45, 7) is 8.60. The molecule has 5 rings (SSSR count). The number of para-hydroxylation sites is 1. The van der Waals surface area contributed by atoms with Crippen LogP contribution in [-0.2, 0) is 0 Å². The molecule has 2 atom stereocenters. The van der Waals surface area contributed by atoms with E-state index < -0.39 is 0 Å². The lowest BCUT2D eigenvalue weighted by molar-refractivity contribution is 0.565. The van der Waals surface area contributed by atoms with Gasteiger partial charge in [0.25, 0.3) is 0 Å². The van der Waals surface area contributed by atoms with Crippen molar-refractivity contribution >= 4 is 23.0 Å². The van der Waals surface area contributed by atoms with Crippen LogP contribution >= 0.6 is 12.2 Å². The lowest BCUT2D eigenvalue weighted by atomic mass is 9.96. The first-order valence-electron chi connectivity index (χ1n) is 11.4. The number of anilines is 1. The van der Waals surface area contributed by atoms with Crippen molar-refractivity contribution in [1.82, 2.24) is 14.9 Å². The molecule has 1 saturated heterocycles. The normalized spacial score (nSPS) is 17.8. The third kappa shape index (κ3) is 3.68. The van der Waals surface area contributed by atoms with Crippen LogP contribution in [0.15, 0.2) is 72.9 Å². The summed E-state index contributed by atoms with van der Waals surface area (Å²) in [5.74, 6) is -0.271. The highest BCUT2D eigenvalue weighted by atomic mass is 32.1. The maximum Gasteiger partial charge on any atom is 0.174 e. The van der Waals surface area contributed by atoms with Crippen molar-refractivity contribution in [2.45, 2.75) is 39.8 Å². The molecule has 0 bridgehead atoms. The van der Waals surface area contributed by atoms with Crippen molar-refractivity contribution in [3.8, 4) is 5.69 Å². The summed E-state index contributed by atoms with van der Waals surface area (Å²) in [6, 6.07) is 20.8. The molecule has 4 nitrogen and oxygen atoms in total. The zero-order chi connectivity index (χ0) is 24.0. The van der Waals surface area contributed by atoms with E-state index in [-0.39, 0.29) is 17.9 Å². The Morgan fingerprint density at radius 2 is 1.62 bits per heavy atom. The summed E-state index contributed by atoms with van der Waals surface area (Å²) in [4.78, 5) is 6.73. The molecule has 0 aliphatic carbocycles. The summed E-state index contributed by atoms with van der Waals surface area (Å²) >= 11 is 5.81. The molecule has 1 aliphatic rings. The van der Waals surface area contributed by atoms with E-state index in [1.54, 1.807) is 18.3 Å². The molecule has 1 aliphatic heterocycles. The molecule has 6 heteroatoms. The standard InChI is InChI=1S/C28H27FN4S/c1-17-8-7-9-18(2)26(17)32-19(3)16-23(20(32)4)27-25(24-10-5-6-15-30-24)31-28(34)33(27)22-13-11-21(29)12-14-22/h5-16,25,27H,1-4H3,(H,31,34)/t25-,27+/m1/s1. The second-order valence-corrected chi connectivity index (χ2v) is 9.26. The Hall–Kier alpha value is -3.51. The molecule has 4 aromatic rings. The van der Waals surface area contributed by atoms with Crippen molar-refractivity contribution in [1.29, 1.82) is 0 Å². The summed E-state index contributed by atoms with van der Waals surface area (Å²) < 4.78 is 16.1. The molecule has 0 amide bonds. The molecule has 1 N–H and O–H groups in total. The molecule has 2 aromatic heterocycles. The molecule has 0 radical (unpaired) electrons. The molecule has 2 aromatic carbocycles. The van der Waals surface area contributed by atoms with Crippen LogP contribution in [0, 0.1) is 33.5 Å². The van der Waals surface area contributed by atoms with Crippen molar-refractivity contribution in [3.05, 3.63) is 113 Å². The molecule has 3 heterocycles. The summed E-state index contributed by atoms with van der Waals surface area (Å²) in [6.07, 6.45) is 1.80. The van der Waals surface area contributed by atoms with Crippen molar-refractivity contribution < 1.29 is 4.39 Å². The van der Waals surface area contributed by atoms with Crippen LogP contribution in [0.1, 0.15) is 45.9 Å². The predicted molar refractivity (Wildman–Crippen MR) is 139 cm³/mol. The quantitative estimate of drug-likeness (QED) is 0.349. The number of aromatic nitrogens is 2. The van der Waals surface area contributed by atoms with E-state index in [2.05, 4.69) is 71.7 Å². The van der Waals surface area contributed by atoms with Gasteiger partial charge in [-0.1, -0.05) is 24.3 Å². The molecular weight excluding hydrogens is 443 g/mol. The van der Waals surface area contributed by atoms with Gasteiger partial charge in [0.1, 0.15) is 5.82 Å². The average Bonchev–Trinajstić information content (AvgIpc) is 3.31. The minimum absolute atomic E-state index is 0.142. The largest absolute Gasteiger partial charge is 0.351 e. The van der Waals surface area contributed by atoms with Crippen LogP contribution in [-0.4, -0.2) is 14.7 Å². The number of nitrogens with zero attached hydrogens (tertiary/aromatic N) is 3. The van der Waals surface area contributed by atoms with Gasteiger partial charge in [0.05, 0.1) is 23.5 Å². The van der Waals surface area contributed by atoms with Gasteiger partial charge in [-0.3, -0.25) is 4.98 Å². The third-order valence-electron chi connectivity index (χ3n) is 6.65. The van der Waals surface area contributed by atoms with E-state index in [9.17, 15) is 4.39 Å². The molecular formula is C28H27FN4S. The van der Waals surface area contributed by atoms with Crippen LogP contribution in [0.2, 0.25) is 0 Å². The van der Waals surface area contributed by atoms with Gasteiger partial charge >= 0.3 is 0 Å². The molecule has 0 saturated carbocycles. The molecule has 34 heavy (non-hydrogen) atoms. The van der Waals surface area contributed by atoms with Crippen LogP contribution in [0.5, 0.6) is 0 Å². The number of rotatable bonds is 4. The second-order valence-electron chi connectivity index (χ2n) is 8.88. The van der Waals surface area contributed by atoms with Gasteiger partial charge < -0.3 is 14.8 Å². The number of benzene rings is 2. The number of thiocarbonyl (C=S) groups is 1. The monoisotopic (exact) mass is 470 g/mol. The Morgan fingerprint density at radius 3 is 2.26 bits per heavy atom. The number of hydrogen-bond acceptors (Lipinski definition) is 2. The van der Waals surface area contributed by atoms with Crippen molar-refractivity contribution in [2.75, 3.05) is 4.90 Å². The molecule has 172 valence electrons. The second kappa shape index (κ2) is 8.69. The number of aryl methyl sites for hydroxylation is 3. The first-order chi connectivity index (χ1) is 16.4. The minimum Gasteiger partial charge on any atom is -0.351 e. The predicted octanol–water partition coefficient (Wildman–Crippen LogP) is 6.42. The number of hydrogen-bond donors (Lipinski definition) is 1. The fourth-order valence-electron chi connectivity index (χ4n) is 5.14. The van der Waals surface area contributed by atoms with E-state index in [0.717, 1.165) is 28.3 Å². The van der Waals surface area contributed by atoms with Crippen LogP contribution in [0.25, 0.3) is 5.69 Å². The Morgan fingerprint density at radius 1 is 0.912 bits per heavy atom. The van der Waals surface area contributed by atoms with E-state index >= 15 is 0 Å². The zero-order valence-corrected chi connectivity index (χ0v) is 20.5. The number of pyridine rings is 1. The van der Waals surface area contributed by atoms with Gasteiger partial charge in [0.15, 0.2) is 5.11 Å². The average molecular weight is 471 g/mol. The van der Waals surface area contributed by atoms with Crippen LogP contribution in [0.3, 0.4) is 0 Å². The van der Waals surface area contributed by atoms with Gasteiger partial charge in [-0.15, -0.1) is 0 Å². The molecule has 0 unspecified atom stereocenters. The maximum absolute atomic E-state index is 13.7. The van der Waals surface area contributed by atoms with E-state index in [1.807, 2.05) is 18.2 Å². The Bertz CT molecular complexity index is 1340. The van der Waals surface area contributed by atoms with Crippen LogP contribution < -0.4 is 10.2 Å². The smallest absolute Gasteiger partial charge is 0.174 e. The fourth-order valence-corrected chi connectivity index (χ4v) is 5.49. The molecule has 1 fully saturated rings. The maximum atomic E-state index is 13.7. The number of nitrogens with one attached hydrogen (secondary N) is 1. The van der Waals surface area contributed by atoms with Gasteiger partial charge in [-0.25, -0.2) is 4.39 Å². The molecule has 0 spiro atoms. The highest BCUT2D eigenvalue weighted by Crippen LogP contribution is 2.44. The SMILES string of the molecule is Cc1cccc(C)c1-n1c(C)cc([C@H]2[C@@H](c3ccccn3)NC(=S)N2c2ccc(F)cc2)c1C. The third-order valence-corrected chi connectivity index (χ3v) is 6.97.